The van der Waals surface area contributed by atoms with Gasteiger partial charge in [-0.2, -0.15) is 0 Å². The molecule has 8 radical (unpaired) electrons. The molecule has 0 unspecified atom stereocenters. The number of hydrogen-bond donors (Lipinski definition) is 0. The smallest absolute Gasteiger partial charge is 1.00 e. The summed E-state index contributed by atoms with van der Waals surface area (Å²) in [6.45, 7) is 0. The molecule has 0 amide bonds. The Bertz CT molecular complexity index is 376. The fourth-order valence-corrected chi connectivity index (χ4v) is 13.7. The largest absolute Gasteiger partial charge is 2.00 e. The molecule has 0 aromatic heterocycles. The molecule has 0 aromatic rings. The molecule has 2 rings (SSSR count). The van der Waals surface area contributed by atoms with Crippen molar-refractivity contribution >= 4 is 175 Å². The first-order valence-electron chi connectivity index (χ1n) is 5.18. The second kappa shape index (κ2) is 41.4. The number of rotatable bonds is 4. The van der Waals surface area contributed by atoms with Crippen molar-refractivity contribution in [3.05, 3.63) is 43.0 Å². The van der Waals surface area contributed by atoms with Crippen LogP contribution >= 0.6 is 0 Å². The van der Waals surface area contributed by atoms with E-state index in [1.807, 2.05) is 0 Å². The molecule has 120 valence electrons. The van der Waals surface area contributed by atoms with Gasteiger partial charge in [0.05, 0.1) is 0 Å². The van der Waals surface area contributed by atoms with E-state index in [1.165, 1.54) is 61.3 Å². The van der Waals surface area contributed by atoms with Crippen LogP contribution in [0.15, 0.2) is 43.0 Å². The minimum atomic E-state index is -0.330. The second-order valence-corrected chi connectivity index (χ2v) is 24.4. The number of halogens is 2. The van der Waals surface area contributed by atoms with Crippen LogP contribution in [0.5, 0.6) is 0 Å². The predicted octanol–water partition coefficient (Wildman–Crippen LogP) is -6.84. The van der Waals surface area contributed by atoms with Crippen LogP contribution in [-0.4, -0.2) is 175 Å². The van der Waals surface area contributed by atoms with Crippen molar-refractivity contribution < 1.29 is 77.2 Å². The first kappa shape index (κ1) is 45.6. The van der Waals surface area contributed by atoms with E-state index < -0.39 is 0 Å². The zero-order chi connectivity index (χ0) is 15.6. The van der Waals surface area contributed by atoms with Gasteiger partial charge in [0, 0.05) is 0 Å². The van der Waals surface area contributed by atoms with Gasteiger partial charge in [-0.25, -0.2) is 0 Å². The van der Waals surface area contributed by atoms with Crippen LogP contribution in [0.2, 0.25) is 0 Å². The molecule has 0 fully saturated rings. The Balaban J connectivity index is -0.0000000491. The summed E-state index contributed by atoms with van der Waals surface area (Å²) in [5.41, 5.74) is 0. The average molecular weight is 2080 g/mol. The molecule has 0 aliphatic heterocycles. The molecule has 0 nitrogen and oxygen atoms in total. The number of hydrogen-bond acceptors (Lipinski definition) is 0. The summed E-state index contributed by atoms with van der Waals surface area (Å²) in [4.78, 5) is 0. The first-order valence-corrected chi connectivity index (χ1v) is 46.0. The van der Waals surface area contributed by atoms with Gasteiger partial charge >= 0.3 is 283 Å². The van der Waals surface area contributed by atoms with Gasteiger partial charge in [0.15, 0.2) is 0 Å². The van der Waals surface area contributed by atoms with Gasteiger partial charge in [-0.3, -0.25) is 0 Å². The van der Waals surface area contributed by atoms with Crippen LogP contribution < -0.4 is 24.8 Å². The quantitative estimate of drug-likeness (QED) is 0.195. The molecule has 24 heavy (non-hydrogen) atoms. The molecular weight excluding hydrogens is 2070 g/mol. The van der Waals surface area contributed by atoms with Crippen molar-refractivity contribution in [1.29, 1.82) is 0 Å². The summed E-state index contributed by atoms with van der Waals surface area (Å²) in [5, 5.41) is 0. The molecule has 0 saturated heterocycles. The molecule has 0 spiro atoms. The summed E-state index contributed by atoms with van der Waals surface area (Å²) < 4.78 is 10.2. The first-order chi connectivity index (χ1) is 9.86. The summed E-state index contributed by atoms with van der Waals surface area (Å²) in [5.74, 6) is 0. The van der Waals surface area contributed by atoms with Crippen LogP contribution in [0.3, 0.4) is 0 Å². The van der Waals surface area contributed by atoms with E-state index in [9.17, 15) is 0 Å². The van der Waals surface area contributed by atoms with E-state index in [1.54, 1.807) is 83.6 Å². The van der Waals surface area contributed by atoms with Crippen LogP contribution in [0.4, 0.5) is 0 Å². The molecule has 0 bridgehead atoms. The molecule has 2 aliphatic rings. The monoisotopic (exact) mass is 2080 g/mol. The standard InChI is InChI=1S/2C5H5.2C.8Bi.2ClH.2Zr/c2*1-2-4-5-3-1;;;;;;;;;;;;;;/h2*1-3H,4H2;;;;;;;;;;;2*1H;;/q;;2*-1;;;;;;;;;;;2*+2/p-2. The summed E-state index contributed by atoms with van der Waals surface area (Å²) in [6, 6.07) is 0. The van der Waals surface area contributed by atoms with Gasteiger partial charge in [0.25, 0.3) is 0 Å². The van der Waals surface area contributed by atoms with Gasteiger partial charge in [-0.05, 0) is 0 Å². The van der Waals surface area contributed by atoms with Crippen molar-refractivity contribution in [3.8, 4) is 0 Å². The van der Waals surface area contributed by atoms with Gasteiger partial charge in [-0.15, -0.1) is 0 Å². The second-order valence-electron chi connectivity index (χ2n) is 3.00. The minimum Gasteiger partial charge on any atom is -1.00 e. The minimum absolute atomic E-state index is 0. The molecule has 12 heteroatoms. The molecule has 0 atom stereocenters. The van der Waals surface area contributed by atoms with E-state index in [4.69, 9.17) is 0 Å². The van der Waals surface area contributed by atoms with Gasteiger partial charge in [0.1, 0.15) is 0 Å². The van der Waals surface area contributed by atoms with Crippen LogP contribution in [0.1, 0.15) is 12.8 Å². The van der Waals surface area contributed by atoms with Gasteiger partial charge in [0.2, 0.25) is 0 Å². The van der Waals surface area contributed by atoms with E-state index in [-0.39, 0.29) is 124 Å². The Labute approximate surface area is 299 Å². The Hall–Kier alpha value is 8.11. The maximum atomic E-state index is 3.39. The predicted molar refractivity (Wildman–Crippen MR) is 99.7 cm³/mol. The SMILES string of the molecule is [Bi]=[Bi].[Bi]=[Bi].[Bi]=[C-][Bi][C]1=CC=CC1.[Bi]=[C-][Bi][C]1=CC=CC1.[Cl-].[Cl-].[Zr+2].[Zr+2]. The molecule has 2 aliphatic carbocycles. The molecule has 0 heterocycles. The van der Waals surface area contributed by atoms with Crippen molar-refractivity contribution in [1.82, 2.24) is 0 Å². The van der Waals surface area contributed by atoms with Crippen molar-refractivity contribution in [2.75, 3.05) is 0 Å². The normalized spacial score (nSPS) is 11.2. The average Bonchev–Trinajstić information content (AvgIpc) is 3.19. The Morgan fingerprint density at radius 2 is 1.00 bits per heavy atom. The van der Waals surface area contributed by atoms with E-state index >= 15 is 0 Å². The number of allylic oxidation sites excluding steroid dienone is 8. The fraction of sp³-hybridized carbons (Fsp3) is 0.167. The van der Waals surface area contributed by atoms with Gasteiger partial charge < -0.3 is 24.8 Å². The Morgan fingerprint density at radius 3 is 1.17 bits per heavy atom. The zero-order valence-corrected chi connectivity index (χ0v) is 46.5. The van der Waals surface area contributed by atoms with Crippen LogP contribution in [0, 0.1) is 0 Å². The van der Waals surface area contributed by atoms with E-state index in [0.29, 0.717) is 0 Å². The molecule has 0 N–H and O–H groups in total. The maximum absolute atomic E-state index is 3.39. The fourth-order valence-electron chi connectivity index (χ4n) is 1.17. The Morgan fingerprint density at radius 1 is 0.708 bits per heavy atom. The molecule has 0 saturated carbocycles. The summed E-state index contributed by atoms with van der Waals surface area (Å²) in [7, 11) is 0. The third-order valence-corrected chi connectivity index (χ3v) is 14.3. The van der Waals surface area contributed by atoms with E-state index in [2.05, 4.69) is 39.3 Å². The molecule has 0 aromatic carbocycles. The summed E-state index contributed by atoms with van der Waals surface area (Å²) >= 11 is 8.28. The third-order valence-electron chi connectivity index (χ3n) is 1.89. The topological polar surface area (TPSA) is 0 Å². The van der Waals surface area contributed by atoms with Crippen molar-refractivity contribution in [3.63, 3.8) is 0 Å². The van der Waals surface area contributed by atoms with Crippen molar-refractivity contribution in [2.45, 2.75) is 12.8 Å². The summed E-state index contributed by atoms with van der Waals surface area (Å²) in [6.07, 6.45) is 15.8. The van der Waals surface area contributed by atoms with Crippen LogP contribution in [-0.2, 0) is 52.4 Å². The Kier molecular flexibility index (Phi) is 78.6. The van der Waals surface area contributed by atoms with Crippen LogP contribution in [0.25, 0.3) is 0 Å². The molecular formula is C12H10Bi8Cl2Zr2. The maximum Gasteiger partial charge on any atom is 2.00 e. The van der Waals surface area contributed by atoms with Gasteiger partial charge in [-0.1, -0.05) is 0 Å². The zero-order valence-electron chi connectivity index (χ0n) is 12.2. The van der Waals surface area contributed by atoms with Crippen molar-refractivity contribution in [2.24, 2.45) is 0 Å². The van der Waals surface area contributed by atoms with E-state index in [0.717, 1.165) is 0 Å². The third kappa shape index (κ3) is 32.3.